The predicted octanol–water partition coefficient (Wildman–Crippen LogP) is 2.86. The highest BCUT2D eigenvalue weighted by Gasteiger charge is 2.27. The Balaban J connectivity index is 1.59. The lowest BCUT2D eigenvalue weighted by atomic mass is 10.0. The van der Waals surface area contributed by atoms with Gasteiger partial charge in [0.1, 0.15) is 5.69 Å². The number of hydrogen-bond acceptors (Lipinski definition) is 4. The Morgan fingerprint density at radius 3 is 2.48 bits per heavy atom. The first kappa shape index (κ1) is 18.9. The lowest BCUT2D eigenvalue weighted by Gasteiger charge is -2.40. The molecule has 5 nitrogen and oxygen atoms in total. The van der Waals surface area contributed by atoms with Gasteiger partial charge < -0.3 is 9.80 Å². The molecule has 0 saturated carbocycles. The second-order valence-corrected chi connectivity index (χ2v) is 7.38. The summed E-state index contributed by atoms with van der Waals surface area (Å²) in [5.41, 5.74) is 2.89. The van der Waals surface area contributed by atoms with Crippen LogP contribution < -0.4 is 4.90 Å². The third kappa shape index (κ3) is 4.46. The highest BCUT2D eigenvalue weighted by Crippen LogP contribution is 2.19. The molecule has 5 heteroatoms. The lowest BCUT2D eigenvalue weighted by molar-refractivity contribution is -0.131. The van der Waals surface area contributed by atoms with Crippen LogP contribution in [0.25, 0.3) is 0 Å². The Bertz CT molecular complexity index is 821. The molecule has 0 unspecified atom stereocenters. The number of hydrogen-bond donors (Lipinski definition) is 0. The van der Waals surface area contributed by atoms with Gasteiger partial charge in [-0.25, -0.2) is 0 Å². The Morgan fingerprint density at radius 1 is 1.19 bits per heavy atom. The van der Waals surface area contributed by atoms with Crippen molar-refractivity contribution in [1.82, 2.24) is 15.1 Å². The van der Waals surface area contributed by atoms with Crippen molar-refractivity contribution in [3.05, 3.63) is 53.2 Å². The van der Waals surface area contributed by atoms with Crippen molar-refractivity contribution in [2.75, 3.05) is 24.5 Å². The van der Waals surface area contributed by atoms with Crippen LogP contribution in [0.1, 0.15) is 43.5 Å². The fourth-order valence-corrected chi connectivity index (χ4v) is 3.39. The summed E-state index contributed by atoms with van der Waals surface area (Å²) in [5.74, 6) is 3.96. The molecule has 0 spiro atoms. The van der Waals surface area contributed by atoms with E-state index in [1.54, 1.807) is 6.07 Å². The van der Waals surface area contributed by atoms with Gasteiger partial charge in [0, 0.05) is 25.7 Å². The first-order valence-corrected chi connectivity index (χ1v) is 9.41. The molecule has 1 fully saturated rings. The van der Waals surface area contributed by atoms with Crippen molar-refractivity contribution >= 4 is 11.7 Å². The van der Waals surface area contributed by atoms with Crippen LogP contribution >= 0.6 is 0 Å². The third-order valence-corrected chi connectivity index (χ3v) is 5.07. The predicted molar refractivity (Wildman–Crippen MR) is 108 cm³/mol. The highest BCUT2D eigenvalue weighted by molar-refractivity contribution is 5.79. The van der Waals surface area contributed by atoms with Crippen LogP contribution in [-0.2, 0) is 11.2 Å². The SMILES string of the molecule is C#Cc1ccc(N2CCN(C(=O)Cc3ccc(C(C)C)cc3)C[C@@H]2C)nn1. The molecule has 0 radical (unpaired) electrons. The van der Waals surface area contributed by atoms with Crippen LogP contribution in [-0.4, -0.2) is 46.7 Å². The van der Waals surface area contributed by atoms with E-state index >= 15 is 0 Å². The van der Waals surface area contributed by atoms with Gasteiger partial charge in [-0.2, -0.15) is 0 Å². The molecule has 1 aromatic heterocycles. The molecular weight excluding hydrogens is 336 g/mol. The summed E-state index contributed by atoms with van der Waals surface area (Å²) >= 11 is 0. The molecule has 1 amide bonds. The summed E-state index contributed by atoms with van der Waals surface area (Å²) in [6.45, 7) is 8.56. The Kier molecular flexibility index (Phi) is 5.75. The minimum atomic E-state index is 0.174. The van der Waals surface area contributed by atoms with Crippen LogP contribution in [0, 0.1) is 12.3 Å². The number of aromatic nitrogens is 2. The van der Waals surface area contributed by atoms with E-state index in [9.17, 15) is 4.79 Å². The lowest BCUT2D eigenvalue weighted by Crippen LogP contribution is -2.54. The number of piperazine rings is 1. The summed E-state index contributed by atoms with van der Waals surface area (Å²) in [6, 6.07) is 12.2. The summed E-state index contributed by atoms with van der Waals surface area (Å²) in [6.07, 6.45) is 5.78. The molecule has 1 aliphatic rings. The minimum absolute atomic E-state index is 0.174. The van der Waals surface area contributed by atoms with E-state index in [1.165, 1.54) is 5.56 Å². The summed E-state index contributed by atoms with van der Waals surface area (Å²) < 4.78 is 0. The average molecular weight is 362 g/mol. The average Bonchev–Trinajstić information content (AvgIpc) is 2.68. The number of amides is 1. The third-order valence-electron chi connectivity index (χ3n) is 5.07. The van der Waals surface area contributed by atoms with E-state index < -0.39 is 0 Å². The van der Waals surface area contributed by atoms with E-state index in [4.69, 9.17) is 6.42 Å². The molecule has 2 aromatic rings. The maximum atomic E-state index is 12.7. The number of carbonyl (C=O) groups excluding carboxylic acids is 1. The zero-order chi connectivity index (χ0) is 19.4. The van der Waals surface area contributed by atoms with E-state index in [1.807, 2.05) is 11.0 Å². The fraction of sp³-hybridized carbons (Fsp3) is 0.409. The van der Waals surface area contributed by atoms with Gasteiger partial charge in [-0.3, -0.25) is 4.79 Å². The van der Waals surface area contributed by atoms with Crippen molar-refractivity contribution in [2.45, 2.75) is 39.2 Å². The standard InChI is InChI=1S/C22H26N4O/c1-5-20-10-11-21(24-23-20)26-13-12-25(15-17(26)4)22(27)14-18-6-8-19(9-7-18)16(2)3/h1,6-11,16-17H,12-15H2,2-4H3/t17-/m0/s1. The molecule has 1 atom stereocenters. The number of carbonyl (C=O) groups is 1. The molecule has 1 aromatic carbocycles. The number of rotatable bonds is 4. The maximum Gasteiger partial charge on any atom is 0.227 e. The largest absolute Gasteiger partial charge is 0.349 e. The van der Waals surface area contributed by atoms with Crippen LogP contribution in [0.3, 0.4) is 0 Å². The summed E-state index contributed by atoms with van der Waals surface area (Å²) in [7, 11) is 0. The second kappa shape index (κ2) is 8.22. The quantitative estimate of drug-likeness (QED) is 0.785. The monoisotopic (exact) mass is 362 g/mol. The number of anilines is 1. The number of terminal acetylenes is 1. The number of benzene rings is 1. The van der Waals surface area contributed by atoms with Gasteiger partial charge in [0.15, 0.2) is 5.82 Å². The Labute approximate surface area is 161 Å². The van der Waals surface area contributed by atoms with Gasteiger partial charge in [-0.05, 0) is 42.0 Å². The van der Waals surface area contributed by atoms with Crippen molar-refractivity contribution in [3.63, 3.8) is 0 Å². The fourth-order valence-electron chi connectivity index (χ4n) is 3.39. The number of nitrogens with zero attached hydrogens (tertiary/aromatic N) is 4. The molecular formula is C22H26N4O. The first-order chi connectivity index (χ1) is 13.0. The molecule has 3 rings (SSSR count). The van der Waals surface area contributed by atoms with Gasteiger partial charge in [-0.1, -0.05) is 38.1 Å². The Hall–Kier alpha value is -2.87. The molecule has 0 N–H and O–H groups in total. The van der Waals surface area contributed by atoms with Crippen molar-refractivity contribution in [1.29, 1.82) is 0 Å². The molecule has 140 valence electrons. The Morgan fingerprint density at radius 2 is 1.93 bits per heavy atom. The molecule has 0 bridgehead atoms. The second-order valence-electron chi connectivity index (χ2n) is 7.38. The topological polar surface area (TPSA) is 49.3 Å². The van der Waals surface area contributed by atoms with Crippen LogP contribution in [0.5, 0.6) is 0 Å². The van der Waals surface area contributed by atoms with Crippen molar-refractivity contribution < 1.29 is 4.79 Å². The van der Waals surface area contributed by atoms with Gasteiger partial charge in [0.05, 0.1) is 6.42 Å². The van der Waals surface area contributed by atoms with E-state index in [0.29, 0.717) is 31.1 Å². The molecule has 27 heavy (non-hydrogen) atoms. The minimum Gasteiger partial charge on any atom is -0.349 e. The summed E-state index contributed by atoms with van der Waals surface area (Å²) in [5, 5.41) is 8.24. The van der Waals surface area contributed by atoms with E-state index in [-0.39, 0.29) is 11.9 Å². The molecule has 2 heterocycles. The first-order valence-electron chi connectivity index (χ1n) is 9.41. The summed E-state index contributed by atoms with van der Waals surface area (Å²) in [4.78, 5) is 16.8. The maximum absolute atomic E-state index is 12.7. The smallest absolute Gasteiger partial charge is 0.227 e. The van der Waals surface area contributed by atoms with Gasteiger partial charge in [0.25, 0.3) is 0 Å². The highest BCUT2D eigenvalue weighted by atomic mass is 16.2. The van der Waals surface area contributed by atoms with E-state index in [2.05, 4.69) is 66.1 Å². The van der Waals surface area contributed by atoms with Gasteiger partial charge in [-0.15, -0.1) is 16.6 Å². The van der Waals surface area contributed by atoms with Crippen molar-refractivity contribution in [3.8, 4) is 12.3 Å². The molecule has 1 saturated heterocycles. The van der Waals surface area contributed by atoms with Crippen LogP contribution in [0.15, 0.2) is 36.4 Å². The van der Waals surface area contributed by atoms with Crippen LogP contribution in [0.2, 0.25) is 0 Å². The van der Waals surface area contributed by atoms with Crippen molar-refractivity contribution in [2.24, 2.45) is 0 Å². The van der Waals surface area contributed by atoms with Gasteiger partial charge >= 0.3 is 0 Å². The van der Waals surface area contributed by atoms with Gasteiger partial charge in [0.2, 0.25) is 5.91 Å². The molecule has 1 aliphatic heterocycles. The molecule has 0 aliphatic carbocycles. The zero-order valence-corrected chi connectivity index (χ0v) is 16.2. The van der Waals surface area contributed by atoms with E-state index in [0.717, 1.165) is 17.9 Å². The zero-order valence-electron chi connectivity index (χ0n) is 16.2. The van der Waals surface area contributed by atoms with Crippen LogP contribution in [0.4, 0.5) is 5.82 Å². The normalized spacial score (nSPS) is 17.1.